The average Bonchev–Trinajstić information content (AvgIpc) is 2.66. The second-order valence-corrected chi connectivity index (χ2v) is 5.33. The first-order valence-corrected chi connectivity index (χ1v) is 8.45. The van der Waals surface area contributed by atoms with Gasteiger partial charge in [-0.05, 0) is 11.1 Å². The van der Waals surface area contributed by atoms with Gasteiger partial charge in [0.2, 0.25) is 11.8 Å². The molecule has 0 saturated heterocycles. The van der Waals surface area contributed by atoms with Crippen LogP contribution in [0, 0.1) is 0 Å². The van der Waals surface area contributed by atoms with Gasteiger partial charge in [-0.1, -0.05) is 60.7 Å². The molecule has 4 nitrogen and oxygen atoms in total. The van der Waals surface area contributed by atoms with E-state index in [1.54, 1.807) is 0 Å². The van der Waals surface area contributed by atoms with Crippen LogP contribution in [-0.4, -0.2) is 23.6 Å². The Morgan fingerprint density at radius 1 is 0.667 bits per heavy atom. The van der Waals surface area contributed by atoms with Gasteiger partial charge in [-0.3, -0.25) is 9.59 Å². The van der Waals surface area contributed by atoms with E-state index in [-0.39, 0.29) is 23.6 Å². The maximum Gasteiger partial charge on any atom is 0.235 e. The predicted molar refractivity (Wildman–Crippen MR) is 98.0 cm³/mol. The fourth-order valence-corrected chi connectivity index (χ4v) is 1.88. The molecule has 0 aliphatic carbocycles. The number of carbonyl (C=O) groups is 2. The molecular formula is C18H20Cl2N2O2. The second kappa shape index (κ2) is 12.4. The average molecular weight is 367 g/mol. The van der Waals surface area contributed by atoms with E-state index in [9.17, 15) is 9.59 Å². The summed E-state index contributed by atoms with van der Waals surface area (Å²) in [5.74, 6) is -0.235. The summed E-state index contributed by atoms with van der Waals surface area (Å²) in [6, 6.07) is 19.4. The van der Waals surface area contributed by atoms with E-state index in [1.807, 2.05) is 60.7 Å². The Balaban J connectivity index is 0.000000240. The Bertz CT molecular complexity index is 551. The number of hydrogen-bond donors (Lipinski definition) is 2. The summed E-state index contributed by atoms with van der Waals surface area (Å²) in [6.45, 7) is 1.10. The molecule has 0 radical (unpaired) electrons. The molecule has 0 aliphatic rings. The molecule has 2 N–H and O–H groups in total. The maximum absolute atomic E-state index is 10.7. The topological polar surface area (TPSA) is 58.2 Å². The number of hydrogen-bond acceptors (Lipinski definition) is 2. The molecule has 0 spiro atoms. The molecule has 0 fully saturated rings. The molecule has 2 aromatic rings. The molecule has 0 saturated carbocycles. The fourth-order valence-electron chi connectivity index (χ4n) is 1.69. The van der Waals surface area contributed by atoms with E-state index in [2.05, 4.69) is 10.6 Å². The molecule has 2 aromatic carbocycles. The molecule has 0 aliphatic heterocycles. The van der Waals surface area contributed by atoms with Gasteiger partial charge in [0.1, 0.15) is 11.8 Å². The minimum absolute atomic E-state index is 0.0207. The molecule has 0 heterocycles. The Morgan fingerprint density at radius 2 is 1.00 bits per heavy atom. The van der Waals surface area contributed by atoms with Crippen molar-refractivity contribution in [3.8, 4) is 0 Å². The lowest BCUT2D eigenvalue weighted by molar-refractivity contribution is -0.119. The van der Waals surface area contributed by atoms with Crippen molar-refractivity contribution < 1.29 is 9.59 Å². The lowest BCUT2D eigenvalue weighted by Gasteiger charge is -2.01. The van der Waals surface area contributed by atoms with Crippen LogP contribution >= 0.6 is 23.2 Å². The van der Waals surface area contributed by atoms with Crippen LogP contribution in [0.2, 0.25) is 0 Å². The monoisotopic (exact) mass is 366 g/mol. The van der Waals surface area contributed by atoms with E-state index < -0.39 is 0 Å². The van der Waals surface area contributed by atoms with Gasteiger partial charge in [-0.25, -0.2) is 0 Å². The van der Waals surface area contributed by atoms with E-state index >= 15 is 0 Å². The van der Waals surface area contributed by atoms with Crippen LogP contribution < -0.4 is 10.6 Å². The normalized spacial score (nSPS) is 9.42. The Morgan fingerprint density at radius 3 is 1.29 bits per heavy atom. The zero-order valence-electron chi connectivity index (χ0n) is 13.2. The summed E-state index contributed by atoms with van der Waals surface area (Å²) in [5, 5.41) is 5.36. The molecule has 6 heteroatoms. The summed E-state index contributed by atoms with van der Waals surface area (Å²) < 4.78 is 0. The molecule has 0 bridgehead atoms. The summed E-state index contributed by atoms with van der Waals surface area (Å²) in [5.41, 5.74) is 2.16. The number of amides is 2. The summed E-state index contributed by atoms with van der Waals surface area (Å²) in [7, 11) is 0. The van der Waals surface area contributed by atoms with Crippen molar-refractivity contribution in [1.29, 1.82) is 0 Å². The molecule has 0 aromatic heterocycles. The van der Waals surface area contributed by atoms with E-state index in [0.29, 0.717) is 13.1 Å². The smallest absolute Gasteiger partial charge is 0.235 e. The number of rotatable bonds is 6. The van der Waals surface area contributed by atoms with Crippen molar-refractivity contribution >= 4 is 35.0 Å². The van der Waals surface area contributed by atoms with Gasteiger partial charge in [0.25, 0.3) is 0 Å². The van der Waals surface area contributed by atoms with Gasteiger partial charge in [-0.15, -0.1) is 23.2 Å². The minimum atomic E-state index is -0.138. The number of benzene rings is 2. The van der Waals surface area contributed by atoms with Crippen LogP contribution in [0.15, 0.2) is 60.7 Å². The molecule has 2 amide bonds. The van der Waals surface area contributed by atoms with Crippen molar-refractivity contribution in [3.05, 3.63) is 71.8 Å². The van der Waals surface area contributed by atoms with Crippen LogP contribution in [0.1, 0.15) is 11.1 Å². The van der Waals surface area contributed by atoms with Crippen molar-refractivity contribution in [2.24, 2.45) is 0 Å². The van der Waals surface area contributed by atoms with Gasteiger partial charge in [0.15, 0.2) is 0 Å². The Hall–Kier alpha value is -2.04. The number of carbonyl (C=O) groups excluding carboxylic acids is 2. The Labute approximate surface area is 152 Å². The van der Waals surface area contributed by atoms with Crippen LogP contribution in [-0.2, 0) is 22.7 Å². The van der Waals surface area contributed by atoms with Crippen LogP contribution in [0.5, 0.6) is 0 Å². The number of alkyl halides is 2. The second-order valence-electron chi connectivity index (χ2n) is 4.79. The van der Waals surface area contributed by atoms with Gasteiger partial charge in [0, 0.05) is 13.1 Å². The first kappa shape index (κ1) is 20.0. The first-order valence-electron chi connectivity index (χ1n) is 7.39. The SMILES string of the molecule is O=C(CCl)NCc1ccccc1.O=C(CCl)NCc1ccccc1. The van der Waals surface area contributed by atoms with Gasteiger partial charge < -0.3 is 10.6 Å². The number of nitrogens with one attached hydrogen (secondary N) is 2. The quantitative estimate of drug-likeness (QED) is 0.771. The van der Waals surface area contributed by atoms with Crippen molar-refractivity contribution in [2.75, 3.05) is 11.8 Å². The highest BCUT2D eigenvalue weighted by atomic mass is 35.5. The summed E-state index contributed by atoms with van der Waals surface area (Å²) in [6.07, 6.45) is 0. The largest absolute Gasteiger partial charge is 0.351 e. The highest BCUT2D eigenvalue weighted by molar-refractivity contribution is 6.27. The zero-order valence-corrected chi connectivity index (χ0v) is 14.7. The maximum atomic E-state index is 10.7. The lowest BCUT2D eigenvalue weighted by atomic mass is 10.2. The summed E-state index contributed by atoms with van der Waals surface area (Å²) >= 11 is 10.6. The van der Waals surface area contributed by atoms with Gasteiger partial charge >= 0.3 is 0 Å². The van der Waals surface area contributed by atoms with Crippen LogP contribution in [0.3, 0.4) is 0 Å². The molecule has 0 unspecified atom stereocenters. The molecular weight excluding hydrogens is 347 g/mol. The van der Waals surface area contributed by atoms with Crippen LogP contribution in [0.4, 0.5) is 0 Å². The molecule has 128 valence electrons. The highest BCUT2D eigenvalue weighted by Gasteiger charge is 1.97. The van der Waals surface area contributed by atoms with Crippen molar-refractivity contribution in [1.82, 2.24) is 10.6 Å². The first-order chi connectivity index (χ1) is 11.7. The third kappa shape index (κ3) is 9.18. The predicted octanol–water partition coefficient (Wildman–Crippen LogP) is 3.08. The molecule has 24 heavy (non-hydrogen) atoms. The zero-order chi connectivity index (χ0) is 17.6. The van der Waals surface area contributed by atoms with Gasteiger partial charge in [-0.2, -0.15) is 0 Å². The molecule has 2 rings (SSSR count). The van der Waals surface area contributed by atoms with E-state index in [0.717, 1.165) is 11.1 Å². The minimum Gasteiger partial charge on any atom is -0.351 e. The third-order valence-electron chi connectivity index (χ3n) is 2.91. The van der Waals surface area contributed by atoms with Crippen molar-refractivity contribution in [3.63, 3.8) is 0 Å². The third-order valence-corrected chi connectivity index (χ3v) is 3.39. The van der Waals surface area contributed by atoms with Crippen LogP contribution in [0.25, 0.3) is 0 Å². The number of halogens is 2. The summed E-state index contributed by atoms with van der Waals surface area (Å²) in [4.78, 5) is 21.5. The van der Waals surface area contributed by atoms with E-state index in [1.165, 1.54) is 0 Å². The Kier molecular flexibility index (Phi) is 10.3. The molecule has 0 atom stereocenters. The van der Waals surface area contributed by atoms with Gasteiger partial charge in [0.05, 0.1) is 0 Å². The lowest BCUT2D eigenvalue weighted by Crippen LogP contribution is -2.23. The highest BCUT2D eigenvalue weighted by Crippen LogP contribution is 1.97. The standard InChI is InChI=1S/2C9H10ClNO/c2*10-6-9(12)11-7-8-4-2-1-3-5-8/h2*1-5H,6-7H2,(H,11,12). The van der Waals surface area contributed by atoms with Crippen molar-refractivity contribution in [2.45, 2.75) is 13.1 Å². The fraction of sp³-hybridized carbons (Fsp3) is 0.222. The van der Waals surface area contributed by atoms with E-state index in [4.69, 9.17) is 23.2 Å².